The number of rotatable bonds is 0. The van der Waals surface area contributed by atoms with Gasteiger partial charge in [-0.2, -0.15) is 5.10 Å². The van der Waals surface area contributed by atoms with Crippen LogP contribution in [0.1, 0.15) is 5.56 Å². The summed E-state index contributed by atoms with van der Waals surface area (Å²) in [7, 11) is 0. The summed E-state index contributed by atoms with van der Waals surface area (Å²) >= 11 is 12.1. The van der Waals surface area contributed by atoms with Crippen molar-refractivity contribution in [1.82, 2.24) is 10.3 Å². The van der Waals surface area contributed by atoms with E-state index < -0.39 is 0 Å². The van der Waals surface area contributed by atoms with E-state index in [4.69, 9.17) is 23.2 Å². The first-order valence-corrected chi connectivity index (χ1v) is 5.30. The maximum atomic E-state index is 6.15. The van der Waals surface area contributed by atoms with Gasteiger partial charge in [0.2, 0.25) is 0 Å². The molecule has 0 atom stereocenters. The fraction of sp³-hybridized carbons (Fsp3) is 0.222. The number of fused-ring (bicyclic) bond motifs is 3. The molecule has 0 aromatic heterocycles. The summed E-state index contributed by atoms with van der Waals surface area (Å²) < 4.78 is 0. The fourth-order valence-corrected chi connectivity index (χ4v) is 2.38. The van der Waals surface area contributed by atoms with Crippen LogP contribution >= 0.6 is 23.2 Å². The van der Waals surface area contributed by atoms with Crippen LogP contribution in [0.15, 0.2) is 17.2 Å². The van der Waals surface area contributed by atoms with Crippen molar-refractivity contribution >= 4 is 34.7 Å². The lowest BCUT2D eigenvalue weighted by atomic mass is 10.1. The van der Waals surface area contributed by atoms with Crippen LogP contribution in [0.4, 0.5) is 5.69 Å². The number of hydrogen-bond donors (Lipinski definition) is 2. The lowest BCUT2D eigenvalue weighted by Gasteiger charge is -2.28. The summed E-state index contributed by atoms with van der Waals surface area (Å²) in [5, 5.41) is 8.72. The molecule has 1 aromatic rings. The van der Waals surface area contributed by atoms with E-state index in [0.29, 0.717) is 16.7 Å². The van der Waals surface area contributed by atoms with Gasteiger partial charge in [0.25, 0.3) is 0 Å². The monoisotopic (exact) mass is 242 g/mol. The molecule has 0 bridgehead atoms. The van der Waals surface area contributed by atoms with Gasteiger partial charge in [0.1, 0.15) is 6.67 Å². The van der Waals surface area contributed by atoms with E-state index in [-0.39, 0.29) is 0 Å². The highest BCUT2D eigenvalue weighted by Crippen LogP contribution is 2.33. The molecule has 6 heteroatoms. The van der Waals surface area contributed by atoms with Crippen molar-refractivity contribution in [3.8, 4) is 0 Å². The number of benzene rings is 1. The second-order valence-corrected chi connectivity index (χ2v) is 4.28. The van der Waals surface area contributed by atoms with Crippen molar-refractivity contribution in [2.24, 2.45) is 5.10 Å². The van der Waals surface area contributed by atoms with Gasteiger partial charge < -0.3 is 10.2 Å². The third-order valence-electron chi connectivity index (χ3n) is 2.49. The Kier molecular flexibility index (Phi) is 1.94. The van der Waals surface area contributed by atoms with Crippen LogP contribution in [0.5, 0.6) is 0 Å². The predicted octanol–water partition coefficient (Wildman–Crippen LogP) is 1.90. The molecule has 2 N–H and O–H groups in total. The Labute approximate surface area is 96.8 Å². The Morgan fingerprint density at radius 3 is 3.00 bits per heavy atom. The van der Waals surface area contributed by atoms with E-state index in [2.05, 4.69) is 20.7 Å². The van der Waals surface area contributed by atoms with Crippen LogP contribution in [-0.2, 0) is 0 Å². The standard InChI is InChI=1S/C9H8Cl2N4/c10-5-1-6(11)8-7(2-5)12-3-15-4-13-14-9(8)15/h1-2,12-13H,3-4H2. The van der Waals surface area contributed by atoms with E-state index in [1.165, 1.54) is 0 Å². The summed E-state index contributed by atoms with van der Waals surface area (Å²) in [6.07, 6.45) is 0. The molecule has 0 fully saturated rings. The zero-order chi connectivity index (χ0) is 10.4. The molecule has 0 radical (unpaired) electrons. The second kappa shape index (κ2) is 3.18. The van der Waals surface area contributed by atoms with E-state index >= 15 is 0 Å². The molecule has 78 valence electrons. The molecular weight excluding hydrogens is 235 g/mol. The van der Waals surface area contributed by atoms with Gasteiger partial charge in [0.05, 0.1) is 17.3 Å². The quantitative estimate of drug-likeness (QED) is 0.731. The topological polar surface area (TPSA) is 39.7 Å². The molecular formula is C9H8Cl2N4. The first-order valence-electron chi connectivity index (χ1n) is 4.54. The van der Waals surface area contributed by atoms with E-state index in [0.717, 1.165) is 23.8 Å². The lowest BCUT2D eigenvalue weighted by molar-refractivity contribution is 0.448. The molecule has 0 saturated carbocycles. The van der Waals surface area contributed by atoms with Crippen molar-refractivity contribution in [3.63, 3.8) is 0 Å². The largest absolute Gasteiger partial charge is 0.367 e. The normalized spacial score (nSPS) is 17.5. The van der Waals surface area contributed by atoms with Gasteiger partial charge in [-0.25, -0.2) is 0 Å². The number of anilines is 1. The van der Waals surface area contributed by atoms with Gasteiger partial charge >= 0.3 is 0 Å². The third-order valence-corrected chi connectivity index (χ3v) is 3.00. The Balaban J connectivity index is 2.21. The highest BCUT2D eigenvalue weighted by molar-refractivity contribution is 6.38. The van der Waals surface area contributed by atoms with Crippen LogP contribution in [0.2, 0.25) is 10.0 Å². The predicted molar refractivity (Wildman–Crippen MR) is 61.3 cm³/mol. The van der Waals surface area contributed by atoms with Crippen molar-refractivity contribution in [3.05, 3.63) is 27.7 Å². The summed E-state index contributed by atoms with van der Waals surface area (Å²) in [5.74, 6) is 0.880. The first kappa shape index (κ1) is 9.12. The SMILES string of the molecule is Clc1cc(Cl)c2c(c1)NCN1CNN=C21. The molecule has 0 saturated heterocycles. The Morgan fingerprint density at radius 2 is 2.13 bits per heavy atom. The number of hydrazone groups is 1. The first-order chi connectivity index (χ1) is 7.25. The molecule has 15 heavy (non-hydrogen) atoms. The van der Waals surface area contributed by atoms with Crippen LogP contribution in [-0.4, -0.2) is 24.1 Å². The lowest BCUT2D eigenvalue weighted by Crippen LogP contribution is -2.38. The van der Waals surface area contributed by atoms with Gasteiger partial charge in [-0.3, -0.25) is 5.43 Å². The maximum Gasteiger partial charge on any atom is 0.162 e. The molecule has 0 amide bonds. The number of nitrogens with zero attached hydrogens (tertiary/aromatic N) is 2. The van der Waals surface area contributed by atoms with Crippen molar-refractivity contribution in [1.29, 1.82) is 0 Å². The van der Waals surface area contributed by atoms with E-state index in [1.54, 1.807) is 6.07 Å². The van der Waals surface area contributed by atoms with E-state index in [1.807, 2.05) is 6.07 Å². The molecule has 0 aliphatic carbocycles. The van der Waals surface area contributed by atoms with Crippen molar-refractivity contribution < 1.29 is 0 Å². The molecule has 1 aromatic carbocycles. The molecule has 0 spiro atoms. The molecule has 3 rings (SSSR count). The molecule has 4 nitrogen and oxygen atoms in total. The van der Waals surface area contributed by atoms with Gasteiger partial charge in [0, 0.05) is 10.7 Å². The Hall–Kier alpha value is -1.13. The van der Waals surface area contributed by atoms with Crippen LogP contribution < -0.4 is 10.7 Å². The highest BCUT2D eigenvalue weighted by Gasteiger charge is 2.27. The minimum Gasteiger partial charge on any atom is -0.367 e. The van der Waals surface area contributed by atoms with Gasteiger partial charge in [-0.1, -0.05) is 23.2 Å². The Bertz CT molecular complexity index is 458. The summed E-state index contributed by atoms with van der Waals surface area (Å²) in [6, 6.07) is 3.59. The highest BCUT2D eigenvalue weighted by atomic mass is 35.5. The second-order valence-electron chi connectivity index (χ2n) is 3.44. The smallest absolute Gasteiger partial charge is 0.162 e. The fourth-order valence-electron chi connectivity index (χ4n) is 1.81. The van der Waals surface area contributed by atoms with Crippen molar-refractivity contribution in [2.75, 3.05) is 18.7 Å². The minimum absolute atomic E-state index is 0.622. The summed E-state index contributed by atoms with van der Waals surface area (Å²) in [5.41, 5.74) is 4.78. The zero-order valence-corrected chi connectivity index (χ0v) is 9.23. The van der Waals surface area contributed by atoms with Crippen LogP contribution in [0.25, 0.3) is 0 Å². The van der Waals surface area contributed by atoms with Crippen LogP contribution in [0.3, 0.4) is 0 Å². The van der Waals surface area contributed by atoms with Gasteiger partial charge in [-0.15, -0.1) is 0 Å². The molecule has 2 aliphatic heterocycles. The number of hydrogen-bond acceptors (Lipinski definition) is 4. The third kappa shape index (κ3) is 1.33. The average Bonchev–Trinajstić information content (AvgIpc) is 2.63. The molecule has 0 unspecified atom stereocenters. The maximum absolute atomic E-state index is 6.15. The minimum atomic E-state index is 0.622. The zero-order valence-electron chi connectivity index (χ0n) is 7.72. The molecule has 2 heterocycles. The van der Waals surface area contributed by atoms with Crippen LogP contribution in [0, 0.1) is 0 Å². The number of nitrogens with one attached hydrogen (secondary N) is 2. The molecule has 2 aliphatic rings. The summed E-state index contributed by atoms with van der Waals surface area (Å²) in [4.78, 5) is 2.07. The number of halogens is 2. The van der Waals surface area contributed by atoms with E-state index in [9.17, 15) is 0 Å². The summed E-state index contributed by atoms with van der Waals surface area (Å²) in [6.45, 7) is 1.43. The van der Waals surface area contributed by atoms with Gasteiger partial charge in [0.15, 0.2) is 5.84 Å². The average molecular weight is 243 g/mol. The van der Waals surface area contributed by atoms with Crippen molar-refractivity contribution in [2.45, 2.75) is 0 Å². The number of amidine groups is 1. The Morgan fingerprint density at radius 1 is 1.27 bits per heavy atom. The van der Waals surface area contributed by atoms with Gasteiger partial charge in [-0.05, 0) is 12.1 Å².